The number of nitrogens with one attached hydrogen (secondary N) is 1. The van der Waals surface area contributed by atoms with E-state index in [1.165, 1.54) is 5.56 Å². The highest BCUT2D eigenvalue weighted by Gasteiger charge is 2.23. The van der Waals surface area contributed by atoms with Crippen molar-refractivity contribution >= 4 is 11.7 Å². The molecule has 1 atom stereocenters. The first-order valence-corrected chi connectivity index (χ1v) is 10.4. The number of benzene rings is 2. The normalized spacial score (nSPS) is 20.0. The Balaban J connectivity index is 1.35. The van der Waals surface area contributed by atoms with Gasteiger partial charge in [0.25, 0.3) is 0 Å². The summed E-state index contributed by atoms with van der Waals surface area (Å²) >= 11 is 0. The van der Waals surface area contributed by atoms with Crippen LogP contribution in [0.3, 0.4) is 0 Å². The third-order valence-electron chi connectivity index (χ3n) is 5.82. The third kappa shape index (κ3) is 4.96. The lowest BCUT2D eigenvalue weighted by atomic mass is 10.0. The van der Waals surface area contributed by atoms with Crippen LogP contribution in [0.1, 0.15) is 18.4 Å². The molecule has 2 N–H and O–H groups in total. The van der Waals surface area contributed by atoms with Gasteiger partial charge < -0.3 is 20.1 Å². The predicted molar refractivity (Wildman–Crippen MR) is 114 cm³/mol. The molecule has 6 nitrogen and oxygen atoms in total. The van der Waals surface area contributed by atoms with E-state index in [0.29, 0.717) is 32.3 Å². The summed E-state index contributed by atoms with van der Waals surface area (Å²) in [5, 5.41) is 12.4. The van der Waals surface area contributed by atoms with Crippen molar-refractivity contribution in [3.63, 3.8) is 0 Å². The Morgan fingerprint density at radius 3 is 2.31 bits per heavy atom. The number of carbonyl (C=O) groups is 1. The van der Waals surface area contributed by atoms with Crippen LogP contribution in [0.15, 0.2) is 48.5 Å². The number of nitrogens with zero attached hydrogens (tertiary/aromatic N) is 2. The molecule has 29 heavy (non-hydrogen) atoms. The van der Waals surface area contributed by atoms with Gasteiger partial charge in [0.2, 0.25) is 0 Å². The molecule has 0 spiro atoms. The fourth-order valence-corrected chi connectivity index (χ4v) is 4.06. The van der Waals surface area contributed by atoms with Crippen LogP contribution in [-0.2, 0) is 11.3 Å². The second kappa shape index (κ2) is 9.39. The van der Waals surface area contributed by atoms with E-state index in [1.54, 1.807) is 4.90 Å². The number of hydrogen-bond donors (Lipinski definition) is 2. The van der Waals surface area contributed by atoms with Gasteiger partial charge in [0.1, 0.15) is 0 Å². The number of ether oxygens (including phenoxy) is 1. The van der Waals surface area contributed by atoms with Crippen molar-refractivity contribution in [3.8, 4) is 11.1 Å². The van der Waals surface area contributed by atoms with Gasteiger partial charge in [0.05, 0.1) is 19.8 Å². The molecule has 2 saturated heterocycles. The zero-order valence-corrected chi connectivity index (χ0v) is 16.7. The number of likely N-dealkylation sites (tertiary alicyclic amines) is 1. The Morgan fingerprint density at radius 1 is 1.00 bits per heavy atom. The van der Waals surface area contributed by atoms with Crippen molar-refractivity contribution in [2.45, 2.75) is 25.4 Å². The minimum atomic E-state index is -0.0755. The second-order valence-electron chi connectivity index (χ2n) is 7.75. The number of amides is 2. The Hall–Kier alpha value is -2.41. The maximum atomic E-state index is 12.3. The quantitative estimate of drug-likeness (QED) is 0.816. The maximum Gasteiger partial charge on any atom is 0.321 e. The van der Waals surface area contributed by atoms with E-state index < -0.39 is 0 Å². The van der Waals surface area contributed by atoms with Gasteiger partial charge in [-0.3, -0.25) is 4.90 Å². The lowest BCUT2D eigenvalue weighted by Crippen LogP contribution is -2.43. The zero-order chi connectivity index (χ0) is 20.1. The van der Waals surface area contributed by atoms with Gasteiger partial charge >= 0.3 is 6.03 Å². The van der Waals surface area contributed by atoms with Crippen molar-refractivity contribution < 1.29 is 14.6 Å². The number of rotatable bonds is 5. The van der Waals surface area contributed by atoms with Crippen LogP contribution >= 0.6 is 0 Å². The fraction of sp³-hybridized carbons (Fsp3) is 0.435. The summed E-state index contributed by atoms with van der Waals surface area (Å²) in [4.78, 5) is 16.4. The van der Waals surface area contributed by atoms with Crippen molar-refractivity contribution in [1.82, 2.24) is 9.80 Å². The van der Waals surface area contributed by atoms with Crippen LogP contribution in [0.2, 0.25) is 0 Å². The number of anilines is 1. The van der Waals surface area contributed by atoms with Crippen LogP contribution in [0.25, 0.3) is 11.1 Å². The minimum Gasteiger partial charge on any atom is -0.395 e. The van der Waals surface area contributed by atoms with Crippen molar-refractivity contribution in [3.05, 3.63) is 54.1 Å². The Bertz CT molecular complexity index is 801. The molecule has 6 heteroatoms. The van der Waals surface area contributed by atoms with Gasteiger partial charge in [-0.25, -0.2) is 4.79 Å². The number of hydrogen-bond acceptors (Lipinski definition) is 4. The molecule has 0 aromatic heterocycles. The summed E-state index contributed by atoms with van der Waals surface area (Å²) in [6, 6.07) is 16.8. The van der Waals surface area contributed by atoms with Gasteiger partial charge in [-0.15, -0.1) is 0 Å². The lowest BCUT2D eigenvalue weighted by molar-refractivity contribution is 0.0564. The molecule has 2 heterocycles. The van der Waals surface area contributed by atoms with Gasteiger partial charge in [0, 0.05) is 31.4 Å². The first-order valence-electron chi connectivity index (χ1n) is 10.4. The lowest BCUT2D eigenvalue weighted by Gasteiger charge is -2.26. The summed E-state index contributed by atoms with van der Waals surface area (Å²) in [6.45, 7) is 4.65. The monoisotopic (exact) mass is 395 g/mol. The molecule has 0 aliphatic carbocycles. The highest BCUT2D eigenvalue weighted by atomic mass is 16.5. The molecule has 2 aromatic rings. The highest BCUT2D eigenvalue weighted by molar-refractivity contribution is 5.89. The number of urea groups is 1. The fourth-order valence-electron chi connectivity index (χ4n) is 4.06. The standard InChI is InChI=1S/C23H29N3O3/c27-17-22-2-1-11-26(22)16-18-3-5-19(6-4-18)20-7-9-21(10-8-20)24-23(28)25-12-14-29-15-13-25/h3-10,22,27H,1-2,11-17H2,(H,24,28). The first-order chi connectivity index (χ1) is 14.2. The van der Waals surface area contributed by atoms with Crippen LogP contribution < -0.4 is 5.32 Å². The first kappa shape index (κ1) is 19.9. The van der Waals surface area contributed by atoms with E-state index >= 15 is 0 Å². The maximum absolute atomic E-state index is 12.3. The topological polar surface area (TPSA) is 65.0 Å². The molecule has 0 bridgehead atoms. The van der Waals surface area contributed by atoms with E-state index in [9.17, 15) is 9.90 Å². The van der Waals surface area contributed by atoms with Gasteiger partial charge in [0.15, 0.2) is 0 Å². The third-order valence-corrected chi connectivity index (χ3v) is 5.82. The van der Waals surface area contributed by atoms with Crippen LogP contribution in [0, 0.1) is 0 Å². The molecule has 2 amide bonds. The summed E-state index contributed by atoms with van der Waals surface area (Å²) < 4.78 is 5.29. The summed E-state index contributed by atoms with van der Waals surface area (Å²) in [7, 11) is 0. The molecule has 4 rings (SSSR count). The van der Waals surface area contributed by atoms with Crippen molar-refractivity contribution in [1.29, 1.82) is 0 Å². The molecule has 2 aromatic carbocycles. The Morgan fingerprint density at radius 2 is 1.66 bits per heavy atom. The second-order valence-corrected chi connectivity index (χ2v) is 7.75. The van der Waals surface area contributed by atoms with Crippen LogP contribution in [-0.4, -0.2) is 66.4 Å². The smallest absolute Gasteiger partial charge is 0.321 e. The molecule has 0 radical (unpaired) electrons. The van der Waals surface area contributed by atoms with Crippen molar-refractivity contribution in [2.75, 3.05) is 44.8 Å². The highest BCUT2D eigenvalue weighted by Crippen LogP contribution is 2.24. The summed E-state index contributed by atoms with van der Waals surface area (Å²) in [5.41, 5.74) is 4.34. The Kier molecular flexibility index (Phi) is 6.44. The van der Waals surface area contributed by atoms with E-state index in [2.05, 4.69) is 34.5 Å². The van der Waals surface area contributed by atoms with E-state index in [4.69, 9.17) is 4.74 Å². The molecule has 2 fully saturated rings. The SMILES string of the molecule is O=C(Nc1ccc(-c2ccc(CN3CCCC3CO)cc2)cc1)N1CCOCC1. The van der Waals surface area contributed by atoms with Gasteiger partial charge in [-0.2, -0.15) is 0 Å². The minimum absolute atomic E-state index is 0.0755. The molecule has 0 saturated carbocycles. The molecular formula is C23H29N3O3. The molecule has 2 aliphatic heterocycles. The summed E-state index contributed by atoms with van der Waals surface area (Å²) in [6.07, 6.45) is 2.25. The number of morpholine rings is 1. The van der Waals surface area contributed by atoms with Crippen LogP contribution in [0.5, 0.6) is 0 Å². The average molecular weight is 396 g/mol. The predicted octanol–water partition coefficient (Wildman–Crippen LogP) is 3.17. The average Bonchev–Trinajstić information content (AvgIpc) is 3.22. The number of aliphatic hydroxyl groups excluding tert-OH is 1. The van der Waals surface area contributed by atoms with Gasteiger partial charge in [-0.05, 0) is 48.2 Å². The zero-order valence-electron chi connectivity index (χ0n) is 16.7. The largest absolute Gasteiger partial charge is 0.395 e. The number of aliphatic hydroxyl groups is 1. The van der Waals surface area contributed by atoms with E-state index in [-0.39, 0.29) is 12.6 Å². The van der Waals surface area contributed by atoms with Gasteiger partial charge in [-0.1, -0.05) is 36.4 Å². The number of carbonyl (C=O) groups excluding carboxylic acids is 1. The molecule has 154 valence electrons. The molecule has 2 aliphatic rings. The summed E-state index contributed by atoms with van der Waals surface area (Å²) in [5.74, 6) is 0. The molecular weight excluding hydrogens is 366 g/mol. The molecule has 1 unspecified atom stereocenters. The van der Waals surface area contributed by atoms with Crippen molar-refractivity contribution in [2.24, 2.45) is 0 Å². The van der Waals surface area contributed by atoms with Crippen LogP contribution in [0.4, 0.5) is 10.5 Å². The van der Waals surface area contributed by atoms with E-state index in [0.717, 1.165) is 42.7 Å². The van der Waals surface area contributed by atoms with E-state index in [1.807, 2.05) is 24.3 Å². The Labute approximate surface area is 172 Å².